The summed E-state index contributed by atoms with van der Waals surface area (Å²) in [5, 5.41) is 9.95. The van der Waals surface area contributed by atoms with Crippen LogP contribution >= 0.6 is 11.6 Å². The summed E-state index contributed by atoms with van der Waals surface area (Å²) >= 11 is 6.29. The molecule has 0 radical (unpaired) electrons. The Hall–Kier alpha value is -2.28. The number of fused-ring (bicyclic) bond motifs is 3. The van der Waals surface area contributed by atoms with Crippen molar-refractivity contribution in [1.82, 2.24) is 24.6 Å². The number of pyridine rings is 1. The van der Waals surface area contributed by atoms with Crippen LogP contribution in [0.1, 0.15) is 35.1 Å². The van der Waals surface area contributed by atoms with E-state index in [4.69, 9.17) is 16.3 Å². The van der Waals surface area contributed by atoms with E-state index < -0.39 is 0 Å². The smallest absolute Gasteiger partial charge is 0.142 e. The summed E-state index contributed by atoms with van der Waals surface area (Å²) in [6, 6.07) is 10.2. The molecule has 0 N–H and O–H groups in total. The van der Waals surface area contributed by atoms with Crippen molar-refractivity contribution in [3.63, 3.8) is 0 Å². The maximum Gasteiger partial charge on any atom is 0.142 e. The molecule has 0 aliphatic carbocycles. The van der Waals surface area contributed by atoms with Crippen molar-refractivity contribution in [2.24, 2.45) is 0 Å². The molecule has 2 aromatic heterocycles. The van der Waals surface area contributed by atoms with Gasteiger partial charge >= 0.3 is 0 Å². The zero-order valence-corrected chi connectivity index (χ0v) is 17.2. The third-order valence-electron chi connectivity index (χ3n) is 6.00. The first-order valence-electron chi connectivity index (χ1n) is 10.1. The normalized spacial score (nSPS) is 21.6. The highest BCUT2D eigenvalue weighted by Gasteiger charge is 2.32. The molecular formula is C22H24ClN5O. The number of methoxy groups -OCH3 is 1. The van der Waals surface area contributed by atoms with Crippen LogP contribution in [0.25, 0.3) is 5.69 Å². The van der Waals surface area contributed by atoms with Gasteiger partial charge in [0.05, 0.1) is 11.8 Å². The number of likely N-dealkylation sites (tertiary alicyclic amines) is 1. The minimum atomic E-state index is 0.0798. The summed E-state index contributed by atoms with van der Waals surface area (Å²) in [7, 11) is 1.76. The molecule has 150 valence electrons. The summed E-state index contributed by atoms with van der Waals surface area (Å²) in [5.74, 6) is 2.38. The van der Waals surface area contributed by atoms with Crippen LogP contribution in [0.4, 0.5) is 0 Å². The summed E-state index contributed by atoms with van der Waals surface area (Å²) in [5.41, 5.74) is 3.57. The van der Waals surface area contributed by atoms with Gasteiger partial charge in [-0.15, -0.1) is 10.2 Å². The molecule has 1 aromatic carbocycles. The Kier molecular flexibility index (Phi) is 5.08. The molecule has 5 rings (SSSR count). The Morgan fingerprint density at radius 2 is 2.14 bits per heavy atom. The second kappa shape index (κ2) is 7.86. The summed E-state index contributed by atoms with van der Waals surface area (Å²) < 4.78 is 7.96. The number of benzene rings is 1. The van der Waals surface area contributed by atoms with Crippen molar-refractivity contribution in [2.75, 3.05) is 20.2 Å². The molecule has 0 spiro atoms. The fraction of sp³-hybridized carbons (Fsp3) is 0.409. The van der Waals surface area contributed by atoms with Gasteiger partial charge in [-0.3, -0.25) is 14.5 Å². The first-order valence-corrected chi connectivity index (χ1v) is 10.5. The van der Waals surface area contributed by atoms with Crippen LogP contribution in [-0.2, 0) is 24.1 Å². The van der Waals surface area contributed by atoms with E-state index in [1.807, 2.05) is 30.6 Å². The molecule has 6 nitrogen and oxygen atoms in total. The Labute approximate surface area is 175 Å². The summed E-state index contributed by atoms with van der Waals surface area (Å²) in [6.45, 7) is 2.95. The first-order chi connectivity index (χ1) is 14.2. The second-order valence-corrected chi connectivity index (χ2v) is 8.37. The van der Waals surface area contributed by atoms with E-state index in [0.29, 0.717) is 5.92 Å². The molecule has 3 aromatic rings. The van der Waals surface area contributed by atoms with Gasteiger partial charge in [-0.05, 0) is 48.4 Å². The molecule has 0 amide bonds. The summed E-state index contributed by atoms with van der Waals surface area (Å²) in [6.07, 6.45) is 6.50. The van der Waals surface area contributed by atoms with E-state index >= 15 is 0 Å². The Bertz CT molecular complexity index is 1010. The first kappa shape index (κ1) is 18.7. The van der Waals surface area contributed by atoms with Gasteiger partial charge in [-0.1, -0.05) is 17.7 Å². The molecule has 1 fully saturated rings. The number of hydrogen-bond acceptors (Lipinski definition) is 5. The Morgan fingerprint density at radius 3 is 2.97 bits per heavy atom. The van der Waals surface area contributed by atoms with E-state index in [1.54, 1.807) is 7.11 Å². The van der Waals surface area contributed by atoms with Crippen LogP contribution in [0.15, 0.2) is 42.7 Å². The fourth-order valence-corrected chi connectivity index (χ4v) is 4.74. The Balaban J connectivity index is 1.45. The van der Waals surface area contributed by atoms with Gasteiger partial charge in [-0.25, -0.2) is 0 Å². The van der Waals surface area contributed by atoms with E-state index in [2.05, 4.69) is 36.8 Å². The average molecular weight is 410 g/mol. The highest BCUT2D eigenvalue weighted by Crippen LogP contribution is 2.33. The highest BCUT2D eigenvalue weighted by atomic mass is 35.5. The highest BCUT2D eigenvalue weighted by molar-refractivity contribution is 6.30. The van der Waals surface area contributed by atoms with E-state index in [0.717, 1.165) is 61.3 Å². The predicted molar refractivity (Wildman–Crippen MR) is 111 cm³/mol. The van der Waals surface area contributed by atoms with Gasteiger partial charge in [0.2, 0.25) is 0 Å². The molecule has 2 atom stereocenters. The van der Waals surface area contributed by atoms with E-state index in [1.165, 1.54) is 11.1 Å². The van der Waals surface area contributed by atoms with Gasteiger partial charge in [0, 0.05) is 56.4 Å². The quantitative estimate of drug-likeness (QED) is 0.660. The van der Waals surface area contributed by atoms with Crippen LogP contribution < -0.4 is 0 Å². The maximum atomic E-state index is 6.29. The molecule has 7 heteroatoms. The van der Waals surface area contributed by atoms with Gasteiger partial charge in [0.15, 0.2) is 0 Å². The third kappa shape index (κ3) is 3.68. The molecule has 1 unspecified atom stereocenters. The third-order valence-corrected chi connectivity index (χ3v) is 6.23. The number of aromatic nitrogens is 4. The molecule has 2 aliphatic heterocycles. The minimum Gasteiger partial charge on any atom is -0.381 e. The van der Waals surface area contributed by atoms with Crippen LogP contribution in [-0.4, -0.2) is 51.0 Å². The van der Waals surface area contributed by atoms with E-state index in [9.17, 15) is 0 Å². The topological polar surface area (TPSA) is 56.1 Å². The molecule has 0 bridgehead atoms. The largest absolute Gasteiger partial charge is 0.381 e. The van der Waals surface area contributed by atoms with Crippen molar-refractivity contribution in [2.45, 2.75) is 37.8 Å². The molecule has 1 saturated heterocycles. The standard InChI is InChI=1S/C22H24ClN5O/c1-29-19-10-17-9-18(23)4-5-20(17)28-21(11-19)25-26-22(28)16-6-8-27(14-16)13-15-3-2-7-24-12-15/h2-5,7,9,12,16,19H,6,8,10-11,13-14H2,1H3/t16-,19?/m0/s1. The van der Waals surface area contributed by atoms with Crippen LogP contribution in [0.2, 0.25) is 5.02 Å². The number of hydrogen-bond donors (Lipinski definition) is 0. The lowest BCUT2D eigenvalue weighted by Crippen LogP contribution is -2.20. The van der Waals surface area contributed by atoms with Gasteiger partial charge in [-0.2, -0.15) is 0 Å². The monoisotopic (exact) mass is 409 g/mol. The minimum absolute atomic E-state index is 0.0798. The fourth-order valence-electron chi connectivity index (χ4n) is 4.55. The van der Waals surface area contributed by atoms with Gasteiger partial charge in [0.25, 0.3) is 0 Å². The van der Waals surface area contributed by atoms with Crippen molar-refractivity contribution in [3.05, 3.63) is 70.5 Å². The van der Waals surface area contributed by atoms with Crippen molar-refractivity contribution >= 4 is 11.6 Å². The summed E-state index contributed by atoms with van der Waals surface area (Å²) in [4.78, 5) is 6.71. The zero-order valence-electron chi connectivity index (χ0n) is 16.5. The molecule has 0 saturated carbocycles. The maximum absolute atomic E-state index is 6.29. The molecular weight excluding hydrogens is 386 g/mol. The van der Waals surface area contributed by atoms with Crippen molar-refractivity contribution in [3.8, 4) is 5.69 Å². The van der Waals surface area contributed by atoms with Gasteiger partial charge < -0.3 is 4.74 Å². The Morgan fingerprint density at radius 1 is 1.21 bits per heavy atom. The van der Waals surface area contributed by atoms with Crippen molar-refractivity contribution in [1.29, 1.82) is 0 Å². The number of ether oxygens (including phenoxy) is 1. The zero-order chi connectivity index (χ0) is 19.8. The molecule has 29 heavy (non-hydrogen) atoms. The van der Waals surface area contributed by atoms with Crippen LogP contribution in [0.5, 0.6) is 0 Å². The van der Waals surface area contributed by atoms with Crippen molar-refractivity contribution < 1.29 is 4.74 Å². The molecule has 4 heterocycles. The molecule has 2 aliphatic rings. The van der Waals surface area contributed by atoms with E-state index in [-0.39, 0.29) is 6.10 Å². The van der Waals surface area contributed by atoms with Crippen LogP contribution in [0.3, 0.4) is 0 Å². The SMILES string of the molecule is COC1Cc2cc(Cl)ccc2-n2c(nnc2[C@H]2CCN(Cc3cccnc3)C2)C1. The number of rotatable bonds is 4. The lowest BCUT2D eigenvalue weighted by atomic mass is 10.0. The average Bonchev–Trinajstić information content (AvgIpc) is 3.32. The number of halogens is 1. The lowest BCUT2D eigenvalue weighted by Gasteiger charge is -2.17. The van der Waals surface area contributed by atoms with Crippen LogP contribution in [0, 0.1) is 0 Å². The van der Waals surface area contributed by atoms with Gasteiger partial charge in [0.1, 0.15) is 11.6 Å². The lowest BCUT2D eigenvalue weighted by molar-refractivity contribution is 0.103. The second-order valence-electron chi connectivity index (χ2n) is 7.93. The predicted octanol–water partition coefficient (Wildman–Crippen LogP) is 3.42. The number of nitrogens with zero attached hydrogens (tertiary/aromatic N) is 5.